The highest BCUT2D eigenvalue weighted by Gasteiger charge is 2.28. The summed E-state index contributed by atoms with van der Waals surface area (Å²) in [5.41, 5.74) is 6.12. The van der Waals surface area contributed by atoms with Crippen molar-refractivity contribution in [1.29, 1.82) is 0 Å². The van der Waals surface area contributed by atoms with E-state index in [0.29, 0.717) is 6.04 Å². The monoisotopic (exact) mass is 268 g/mol. The van der Waals surface area contributed by atoms with Crippen molar-refractivity contribution in [2.75, 3.05) is 19.6 Å². The van der Waals surface area contributed by atoms with Crippen molar-refractivity contribution in [3.05, 3.63) is 0 Å². The molecule has 0 aromatic rings. The van der Waals surface area contributed by atoms with E-state index in [-0.39, 0.29) is 0 Å². The average molecular weight is 268 g/mol. The molecule has 2 N–H and O–H groups in total. The fraction of sp³-hybridized carbons (Fsp3) is 1.00. The molecule has 0 aromatic carbocycles. The lowest BCUT2D eigenvalue weighted by atomic mass is 9.95. The third kappa shape index (κ3) is 6.27. The lowest BCUT2D eigenvalue weighted by molar-refractivity contribution is 0.133. The van der Waals surface area contributed by atoms with Crippen LogP contribution in [0.3, 0.4) is 0 Å². The number of rotatable bonds is 9. The first-order valence-corrected chi connectivity index (χ1v) is 8.48. The topological polar surface area (TPSA) is 29.3 Å². The molecule has 0 amide bonds. The second-order valence-electron chi connectivity index (χ2n) is 7.25. The molecule has 1 aliphatic rings. The average Bonchev–Trinajstić information content (AvgIpc) is 2.85. The highest BCUT2D eigenvalue weighted by atomic mass is 15.2. The van der Waals surface area contributed by atoms with Crippen LogP contribution < -0.4 is 5.73 Å². The smallest absolute Gasteiger partial charge is 0.0246 e. The molecule has 1 saturated carbocycles. The molecular weight excluding hydrogens is 232 g/mol. The minimum absolute atomic E-state index is 0.639. The van der Waals surface area contributed by atoms with E-state index < -0.39 is 0 Å². The van der Waals surface area contributed by atoms with E-state index in [1.807, 2.05) is 0 Å². The van der Waals surface area contributed by atoms with Crippen molar-refractivity contribution >= 4 is 0 Å². The van der Waals surface area contributed by atoms with Crippen LogP contribution in [-0.4, -0.2) is 30.6 Å². The van der Waals surface area contributed by atoms with Gasteiger partial charge in [-0.3, -0.25) is 4.90 Å². The predicted octanol–water partition coefficient (Wildman–Crippen LogP) is 3.90. The molecule has 1 aliphatic carbocycles. The summed E-state index contributed by atoms with van der Waals surface area (Å²) in [4.78, 5) is 2.72. The van der Waals surface area contributed by atoms with Gasteiger partial charge in [-0.2, -0.15) is 0 Å². The maximum Gasteiger partial charge on any atom is 0.0246 e. The second kappa shape index (κ2) is 8.97. The number of hydrogen-bond acceptors (Lipinski definition) is 2. The zero-order chi connectivity index (χ0) is 14.3. The van der Waals surface area contributed by atoms with E-state index in [0.717, 1.165) is 24.3 Å². The molecule has 0 radical (unpaired) electrons. The maximum absolute atomic E-state index is 6.12. The largest absolute Gasteiger partial charge is 0.329 e. The first-order valence-electron chi connectivity index (χ1n) is 8.48. The fourth-order valence-corrected chi connectivity index (χ4v) is 3.27. The van der Waals surface area contributed by atoms with Gasteiger partial charge < -0.3 is 5.73 Å². The van der Waals surface area contributed by atoms with E-state index in [9.17, 15) is 0 Å². The summed E-state index contributed by atoms with van der Waals surface area (Å²) in [5.74, 6) is 2.46. The minimum atomic E-state index is 0.639. The molecule has 2 heteroatoms. The van der Waals surface area contributed by atoms with E-state index >= 15 is 0 Å². The van der Waals surface area contributed by atoms with Crippen molar-refractivity contribution in [3.8, 4) is 0 Å². The van der Waals surface area contributed by atoms with E-state index in [1.165, 1.54) is 51.6 Å². The van der Waals surface area contributed by atoms with Crippen LogP contribution >= 0.6 is 0 Å². The van der Waals surface area contributed by atoms with Crippen molar-refractivity contribution in [3.63, 3.8) is 0 Å². The molecule has 1 rings (SSSR count). The summed E-state index contributed by atoms with van der Waals surface area (Å²) in [7, 11) is 0. The van der Waals surface area contributed by atoms with Crippen LogP contribution in [-0.2, 0) is 0 Å². The lowest BCUT2D eigenvalue weighted by Crippen LogP contribution is -2.46. The highest BCUT2D eigenvalue weighted by molar-refractivity contribution is 4.84. The molecule has 2 nitrogen and oxygen atoms in total. The Morgan fingerprint density at radius 3 is 1.79 bits per heavy atom. The van der Waals surface area contributed by atoms with Crippen LogP contribution in [0.5, 0.6) is 0 Å². The van der Waals surface area contributed by atoms with Crippen LogP contribution in [0.1, 0.15) is 66.2 Å². The number of nitrogens with two attached hydrogens (primary N) is 1. The van der Waals surface area contributed by atoms with Crippen molar-refractivity contribution < 1.29 is 0 Å². The predicted molar refractivity (Wildman–Crippen MR) is 85.3 cm³/mol. The van der Waals surface area contributed by atoms with E-state index in [1.54, 1.807) is 0 Å². The molecule has 1 unspecified atom stereocenters. The van der Waals surface area contributed by atoms with Crippen LogP contribution in [0, 0.1) is 17.8 Å². The van der Waals surface area contributed by atoms with Gasteiger partial charge in [0, 0.05) is 12.6 Å². The van der Waals surface area contributed by atoms with Gasteiger partial charge in [0.25, 0.3) is 0 Å². The lowest BCUT2D eigenvalue weighted by Gasteiger charge is -2.36. The molecule has 0 spiro atoms. The number of nitrogens with zero attached hydrogens (tertiary/aromatic N) is 1. The van der Waals surface area contributed by atoms with E-state index in [4.69, 9.17) is 5.73 Å². The first-order chi connectivity index (χ1) is 9.04. The molecule has 114 valence electrons. The van der Waals surface area contributed by atoms with Gasteiger partial charge in [0.2, 0.25) is 0 Å². The summed E-state index contributed by atoms with van der Waals surface area (Å²) < 4.78 is 0. The van der Waals surface area contributed by atoms with Gasteiger partial charge in [0.15, 0.2) is 0 Å². The Morgan fingerprint density at radius 1 is 0.947 bits per heavy atom. The summed E-state index contributed by atoms with van der Waals surface area (Å²) in [6.45, 7) is 12.6. The van der Waals surface area contributed by atoms with Crippen LogP contribution in [0.15, 0.2) is 0 Å². The van der Waals surface area contributed by atoms with Gasteiger partial charge >= 0.3 is 0 Å². The summed E-state index contributed by atoms with van der Waals surface area (Å²) in [6.07, 6.45) is 8.26. The molecule has 19 heavy (non-hydrogen) atoms. The van der Waals surface area contributed by atoms with Crippen LogP contribution in [0.2, 0.25) is 0 Å². The Kier molecular flexibility index (Phi) is 8.01. The summed E-state index contributed by atoms with van der Waals surface area (Å²) in [6, 6.07) is 0.639. The Hall–Kier alpha value is -0.0800. The summed E-state index contributed by atoms with van der Waals surface area (Å²) in [5, 5.41) is 0. The SMILES string of the molecule is CC(C)CCN(CCC(C)C)C(CN)C1CCCC1. The van der Waals surface area contributed by atoms with E-state index in [2.05, 4.69) is 32.6 Å². The molecule has 1 atom stereocenters. The third-order valence-corrected chi connectivity index (χ3v) is 4.64. The molecule has 0 aliphatic heterocycles. The molecule has 0 bridgehead atoms. The molecule has 1 fully saturated rings. The maximum atomic E-state index is 6.12. The Labute approximate surface area is 121 Å². The Bertz CT molecular complexity index is 207. The van der Waals surface area contributed by atoms with Crippen molar-refractivity contribution in [1.82, 2.24) is 4.90 Å². The van der Waals surface area contributed by atoms with Gasteiger partial charge in [-0.25, -0.2) is 0 Å². The molecule has 0 saturated heterocycles. The fourth-order valence-electron chi connectivity index (χ4n) is 3.27. The molecular formula is C17H36N2. The van der Waals surface area contributed by atoms with Crippen LogP contribution in [0.4, 0.5) is 0 Å². The zero-order valence-corrected chi connectivity index (χ0v) is 13.7. The Balaban J connectivity index is 2.56. The highest BCUT2D eigenvalue weighted by Crippen LogP contribution is 2.30. The quantitative estimate of drug-likeness (QED) is 0.687. The molecule has 0 aromatic heterocycles. The molecule has 0 heterocycles. The van der Waals surface area contributed by atoms with Crippen molar-refractivity contribution in [2.45, 2.75) is 72.3 Å². The first kappa shape index (κ1) is 17.0. The zero-order valence-electron chi connectivity index (χ0n) is 13.7. The number of hydrogen-bond donors (Lipinski definition) is 1. The van der Waals surface area contributed by atoms with Gasteiger partial charge in [-0.1, -0.05) is 40.5 Å². The minimum Gasteiger partial charge on any atom is -0.329 e. The van der Waals surface area contributed by atoms with Gasteiger partial charge in [-0.15, -0.1) is 0 Å². The Morgan fingerprint density at radius 2 is 1.42 bits per heavy atom. The normalized spacial score (nSPS) is 18.9. The van der Waals surface area contributed by atoms with Gasteiger partial charge in [0.05, 0.1) is 0 Å². The van der Waals surface area contributed by atoms with Crippen LogP contribution in [0.25, 0.3) is 0 Å². The second-order valence-corrected chi connectivity index (χ2v) is 7.25. The summed E-state index contributed by atoms with van der Waals surface area (Å²) >= 11 is 0. The van der Waals surface area contributed by atoms with Gasteiger partial charge in [-0.05, 0) is 56.5 Å². The van der Waals surface area contributed by atoms with Gasteiger partial charge in [0.1, 0.15) is 0 Å². The van der Waals surface area contributed by atoms with Crippen molar-refractivity contribution in [2.24, 2.45) is 23.5 Å². The standard InChI is InChI=1S/C17H36N2/c1-14(2)9-11-19(12-10-15(3)4)17(13-18)16-7-5-6-8-16/h14-17H,5-13,18H2,1-4H3. The third-order valence-electron chi connectivity index (χ3n) is 4.64.